The number of ether oxygens (including phenoxy) is 1. The number of rotatable bonds is 4. The van der Waals surface area contributed by atoms with Gasteiger partial charge in [-0.1, -0.05) is 6.92 Å². The Morgan fingerprint density at radius 2 is 2.44 bits per heavy atom. The van der Waals surface area contributed by atoms with E-state index < -0.39 is 0 Å². The molecule has 1 aromatic rings. The van der Waals surface area contributed by atoms with Crippen molar-refractivity contribution in [2.24, 2.45) is 0 Å². The summed E-state index contributed by atoms with van der Waals surface area (Å²) in [7, 11) is 0. The number of hydrogen-bond acceptors (Lipinski definition) is 5. The Morgan fingerprint density at radius 1 is 1.56 bits per heavy atom. The van der Waals surface area contributed by atoms with E-state index in [-0.39, 0.29) is 6.10 Å². The van der Waals surface area contributed by atoms with E-state index in [4.69, 9.17) is 4.74 Å². The van der Waals surface area contributed by atoms with E-state index in [2.05, 4.69) is 34.0 Å². The monoisotopic (exact) mass is 250 g/mol. The van der Waals surface area contributed by atoms with Gasteiger partial charge in [-0.25, -0.2) is 9.97 Å². The van der Waals surface area contributed by atoms with Gasteiger partial charge in [-0.2, -0.15) is 0 Å². The molecule has 18 heavy (non-hydrogen) atoms. The van der Waals surface area contributed by atoms with Gasteiger partial charge >= 0.3 is 0 Å². The molecule has 1 aromatic heterocycles. The van der Waals surface area contributed by atoms with Crippen molar-refractivity contribution >= 4 is 5.82 Å². The van der Waals surface area contributed by atoms with Gasteiger partial charge < -0.3 is 15.0 Å². The second-order valence-electron chi connectivity index (χ2n) is 4.63. The molecule has 1 aliphatic rings. The van der Waals surface area contributed by atoms with E-state index in [1.165, 1.54) is 0 Å². The van der Waals surface area contributed by atoms with Gasteiger partial charge in [0, 0.05) is 38.0 Å². The largest absolute Gasteiger partial charge is 0.377 e. The molecular weight excluding hydrogens is 228 g/mol. The summed E-state index contributed by atoms with van der Waals surface area (Å²) in [5.74, 6) is 1.04. The Balaban J connectivity index is 2.14. The van der Waals surface area contributed by atoms with E-state index in [1.54, 1.807) is 6.33 Å². The molecule has 1 atom stereocenters. The van der Waals surface area contributed by atoms with Gasteiger partial charge in [-0.05, 0) is 19.9 Å². The fraction of sp³-hybridized carbons (Fsp3) is 0.692. The zero-order chi connectivity index (χ0) is 12.8. The minimum Gasteiger partial charge on any atom is -0.377 e. The maximum atomic E-state index is 5.67. The molecule has 1 saturated heterocycles. The van der Waals surface area contributed by atoms with Crippen LogP contribution in [0.1, 0.15) is 25.8 Å². The topological polar surface area (TPSA) is 50.3 Å². The predicted octanol–water partition coefficient (Wildman–Crippen LogP) is 1.20. The molecule has 0 aliphatic carbocycles. The Bertz CT molecular complexity index is 372. The van der Waals surface area contributed by atoms with Crippen molar-refractivity contribution in [1.29, 1.82) is 0 Å². The minimum absolute atomic E-state index is 0.259. The Morgan fingerprint density at radius 3 is 3.28 bits per heavy atom. The van der Waals surface area contributed by atoms with Gasteiger partial charge in [0.1, 0.15) is 12.1 Å². The normalized spacial score (nSPS) is 20.8. The molecule has 1 unspecified atom stereocenters. The molecule has 1 aliphatic heterocycles. The van der Waals surface area contributed by atoms with Gasteiger partial charge in [-0.3, -0.25) is 0 Å². The Kier molecular flexibility index (Phi) is 4.90. The molecule has 0 saturated carbocycles. The highest BCUT2D eigenvalue weighted by Crippen LogP contribution is 2.19. The first-order chi connectivity index (χ1) is 8.81. The summed E-state index contributed by atoms with van der Waals surface area (Å²) in [5, 5.41) is 3.33. The highest BCUT2D eigenvalue weighted by Gasteiger charge is 2.18. The fourth-order valence-electron chi connectivity index (χ4n) is 2.21. The Hall–Kier alpha value is -1.20. The van der Waals surface area contributed by atoms with Crippen LogP contribution < -0.4 is 10.2 Å². The third kappa shape index (κ3) is 3.40. The summed E-state index contributed by atoms with van der Waals surface area (Å²) in [6, 6.07) is 0. The lowest BCUT2D eigenvalue weighted by Crippen LogP contribution is -2.32. The summed E-state index contributed by atoms with van der Waals surface area (Å²) in [6.07, 6.45) is 4.84. The molecular formula is C13H22N4O. The minimum atomic E-state index is 0.259. The summed E-state index contributed by atoms with van der Waals surface area (Å²) in [6.45, 7) is 8.73. The molecule has 0 bridgehead atoms. The second-order valence-corrected chi connectivity index (χ2v) is 4.63. The van der Waals surface area contributed by atoms with Crippen LogP contribution in [0.2, 0.25) is 0 Å². The second kappa shape index (κ2) is 6.66. The van der Waals surface area contributed by atoms with Gasteiger partial charge in [0.15, 0.2) is 0 Å². The quantitative estimate of drug-likeness (QED) is 0.870. The highest BCUT2D eigenvalue weighted by atomic mass is 16.5. The van der Waals surface area contributed by atoms with Gasteiger partial charge in [0.25, 0.3) is 0 Å². The van der Waals surface area contributed by atoms with Crippen molar-refractivity contribution in [3.63, 3.8) is 0 Å². The average molecular weight is 250 g/mol. The first kappa shape index (κ1) is 13.2. The molecule has 0 radical (unpaired) electrons. The summed E-state index contributed by atoms with van der Waals surface area (Å²) in [4.78, 5) is 10.9. The molecule has 5 heteroatoms. The van der Waals surface area contributed by atoms with E-state index in [0.29, 0.717) is 0 Å². The average Bonchev–Trinajstić information content (AvgIpc) is 2.61. The standard InChI is InChI=1S/C13H22N4O/c1-3-14-7-12-8-15-10-16-13(12)17-5-4-6-18-11(2)9-17/h8,10-11,14H,3-7,9H2,1-2H3. The number of hydrogen-bond donors (Lipinski definition) is 1. The summed E-state index contributed by atoms with van der Waals surface area (Å²) in [5.41, 5.74) is 1.16. The van der Waals surface area contributed by atoms with Crippen LogP contribution in [0, 0.1) is 0 Å². The van der Waals surface area contributed by atoms with Crippen LogP contribution in [-0.2, 0) is 11.3 Å². The molecule has 1 N–H and O–H groups in total. The van der Waals surface area contributed by atoms with E-state index >= 15 is 0 Å². The summed E-state index contributed by atoms with van der Waals surface area (Å²) < 4.78 is 5.67. The molecule has 5 nitrogen and oxygen atoms in total. The van der Waals surface area contributed by atoms with Crippen molar-refractivity contribution in [3.8, 4) is 0 Å². The van der Waals surface area contributed by atoms with Gasteiger partial charge in [0.05, 0.1) is 6.10 Å². The number of nitrogens with zero attached hydrogens (tertiary/aromatic N) is 3. The number of anilines is 1. The maximum Gasteiger partial charge on any atom is 0.136 e. The first-order valence-electron chi connectivity index (χ1n) is 6.67. The molecule has 0 aromatic carbocycles. The van der Waals surface area contributed by atoms with E-state index in [0.717, 1.165) is 50.6 Å². The van der Waals surface area contributed by atoms with Crippen molar-refractivity contribution < 1.29 is 4.74 Å². The third-order valence-corrected chi connectivity index (χ3v) is 3.08. The van der Waals surface area contributed by atoms with Crippen molar-refractivity contribution in [1.82, 2.24) is 15.3 Å². The highest BCUT2D eigenvalue weighted by molar-refractivity contribution is 5.45. The lowest BCUT2D eigenvalue weighted by atomic mass is 10.2. The van der Waals surface area contributed by atoms with E-state index in [1.807, 2.05) is 6.20 Å². The van der Waals surface area contributed by atoms with Crippen LogP contribution >= 0.6 is 0 Å². The summed E-state index contributed by atoms with van der Waals surface area (Å²) >= 11 is 0. The fourth-order valence-corrected chi connectivity index (χ4v) is 2.21. The van der Waals surface area contributed by atoms with E-state index in [9.17, 15) is 0 Å². The lowest BCUT2D eigenvalue weighted by molar-refractivity contribution is 0.0820. The van der Waals surface area contributed by atoms with Crippen molar-refractivity contribution in [2.45, 2.75) is 32.9 Å². The molecule has 2 heterocycles. The van der Waals surface area contributed by atoms with Crippen molar-refractivity contribution in [2.75, 3.05) is 31.1 Å². The number of nitrogens with one attached hydrogen (secondary N) is 1. The zero-order valence-corrected chi connectivity index (χ0v) is 11.2. The third-order valence-electron chi connectivity index (χ3n) is 3.08. The molecule has 100 valence electrons. The lowest BCUT2D eigenvalue weighted by Gasteiger charge is -2.25. The molecule has 0 spiro atoms. The van der Waals surface area contributed by atoms with Crippen LogP contribution in [0.25, 0.3) is 0 Å². The number of aromatic nitrogens is 2. The van der Waals surface area contributed by atoms with Crippen LogP contribution in [0.4, 0.5) is 5.82 Å². The molecule has 1 fully saturated rings. The van der Waals surface area contributed by atoms with Crippen LogP contribution in [-0.4, -0.2) is 42.3 Å². The van der Waals surface area contributed by atoms with Gasteiger partial charge in [0.2, 0.25) is 0 Å². The van der Waals surface area contributed by atoms with Crippen molar-refractivity contribution in [3.05, 3.63) is 18.1 Å². The maximum absolute atomic E-state index is 5.67. The predicted molar refractivity (Wildman–Crippen MR) is 71.7 cm³/mol. The smallest absolute Gasteiger partial charge is 0.136 e. The van der Waals surface area contributed by atoms with Crippen LogP contribution in [0.15, 0.2) is 12.5 Å². The van der Waals surface area contributed by atoms with Crippen LogP contribution in [0.5, 0.6) is 0 Å². The SMILES string of the molecule is CCNCc1cncnc1N1CCCOC(C)C1. The molecule has 2 rings (SSSR count). The Labute approximate surface area is 109 Å². The zero-order valence-electron chi connectivity index (χ0n) is 11.2. The van der Waals surface area contributed by atoms with Crippen LogP contribution in [0.3, 0.4) is 0 Å². The molecule has 0 amide bonds. The van der Waals surface area contributed by atoms with Gasteiger partial charge in [-0.15, -0.1) is 0 Å². The first-order valence-corrected chi connectivity index (χ1v) is 6.67.